The van der Waals surface area contributed by atoms with Crippen LogP contribution in [0.15, 0.2) is 30.7 Å². The molecule has 1 fully saturated rings. The molecular formula is C14H13FN6O. The van der Waals surface area contributed by atoms with E-state index in [2.05, 4.69) is 20.3 Å². The number of anilines is 1. The summed E-state index contributed by atoms with van der Waals surface area (Å²) in [7, 11) is 1.73. The van der Waals surface area contributed by atoms with Crippen molar-refractivity contribution < 1.29 is 9.50 Å². The number of rotatable bonds is 2. The van der Waals surface area contributed by atoms with Gasteiger partial charge in [0.25, 0.3) is 0 Å². The zero-order chi connectivity index (χ0) is 15.3. The summed E-state index contributed by atoms with van der Waals surface area (Å²) in [6, 6.07) is 4.77. The van der Waals surface area contributed by atoms with E-state index in [4.69, 9.17) is 0 Å². The topological polar surface area (TPSA) is 80.0 Å². The quantitative estimate of drug-likeness (QED) is 0.747. The SMILES string of the molecule is Cn1nncc1C1(O)CN(c2ncnc3c(F)cccc23)C1. The van der Waals surface area contributed by atoms with Crippen LogP contribution in [0, 0.1) is 5.82 Å². The average Bonchev–Trinajstić information content (AvgIpc) is 2.91. The zero-order valence-electron chi connectivity index (χ0n) is 11.8. The Morgan fingerprint density at radius 1 is 1.27 bits per heavy atom. The molecule has 0 aliphatic carbocycles. The lowest BCUT2D eigenvalue weighted by Gasteiger charge is -2.46. The van der Waals surface area contributed by atoms with Crippen LogP contribution in [0.5, 0.6) is 0 Å². The fourth-order valence-corrected chi connectivity index (χ4v) is 2.90. The number of para-hydroxylation sites is 1. The molecule has 3 heterocycles. The average molecular weight is 300 g/mol. The first-order valence-corrected chi connectivity index (χ1v) is 6.80. The predicted molar refractivity (Wildman–Crippen MR) is 76.6 cm³/mol. The Labute approximate surface area is 125 Å². The van der Waals surface area contributed by atoms with E-state index in [1.807, 2.05) is 4.90 Å². The van der Waals surface area contributed by atoms with Gasteiger partial charge in [-0.25, -0.2) is 19.0 Å². The normalized spacial score (nSPS) is 16.8. The fourth-order valence-electron chi connectivity index (χ4n) is 2.90. The first kappa shape index (κ1) is 13.1. The van der Waals surface area contributed by atoms with E-state index >= 15 is 0 Å². The second-order valence-corrected chi connectivity index (χ2v) is 5.46. The first-order valence-electron chi connectivity index (χ1n) is 6.80. The summed E-state index contributed by atoms with van der Waals surface area (Å²) in [6.45, 7) is 0.688. The second kappa shape index (κ2) is 4.44. The van der Waals surface area contributed by atoms with Gasteiger partial charge in [0.15, 0.2) is 0 Å². The summed E-state index contributed by atoms with van der Waals surface area (Å²) in [5.74, 6) is 0.233. The summed E-state index contributed by atoms with van der Waals surface area (Å²) >= 11 is 0. The van der Waals surface area contributed by atoms with Crippen molar-refractivity contribution in [2.45, 2.75) is 5.60 Å². The van der Waals surface area contributed by atoms with Crippen molar-refractivity contribution in [1.82, 2.24) is 25.0 Å². The Balaban J connectivity index is 1.69. The largest absolute Gasteiger partial charge is 0.380 e. The minimum atomic E-state index is -1.02. The van der Waals surface area contributed by atoms with Crippen LogP contribution < -0.4 is 4.90 Å². The van der Waals surface area contributed by atoms with Crippen LogP contribution in [0.2, 0.25) is 0 Å². The van der Waals surface area contributed by atoms with Gasteiger partial charge in [-0.15, -0.1) is 5.10 Å². The first-order chi connectivity index (χ1) is 10.6. The Kier molecular flexibility index (Phi) is 2.64. The van der Waals surface area contributed by atoms with Crippen molar-refractivity contribution in [3.05, 3.63) is 42.2 Å². The second-order valence-electron chi connectivity index (χ2n) is 5.46. The standard InChI is InChI=1S/C14H13FN6O/c1-20-11(5-18-19-20)14(22)6-21(7-14)13-9-3-2-4-10(15)12(9)16-8-17-13/h2-5,8,22H,6-7H2,1H3. The van der Waals surface area contributed by atoms with Crippen LogP contribution in [0.1, 0.15) is 5.69 Å². The number of hydrogen-bond donors (Lipinski definition) is 1. The number of fused-ring (bicyclic) bond motifs is 1. The van der Waals surface area contributed by atoms with Crippen LogP contribution in [-0.4, -0.2) is 43.2 Å². The van der Waals surface area contributed by atoms with Gasteiger partial charge in [0.05, 0.1) is 25.0 Å². The molecule has 0 amide bonds. The van der Waals surface area contributed by atoms with Gasteiger partial charge in [-0.1, -0.05) is 11.3 Å². The highest BCUT2D eigenvalue weighted by Crippen LogP contribution is 2.36. The Bertz CT molecular complexity index is 857. The maximum absolute atomic E-state index is 13.8. The molecule has 1 N–H and O–H groups in total. The summed E-state index contributed by atoms with van der Waals surface area (Å²) in [4.78, 5) is 10.1. The van der Waals surface area contributed by atoms with Gasteiger partial charge in [-0.3, -0.25) is 0 Å². The third-order valence-electron chi connectivity index (χ3n) is 3.99. The summed E-state index contributed by atoms with van der Waals surface area (Å²) in [6.07, 6.45) is 2.89. The predicted octanol–water partition coefficient (Wildman–Crippen LogP) is 0.605. The molecule has 3 aromatic rings. The summed E-state index contributed by atoms with van der Waals surface area (Å²) in [5.41, 5.74) is -0.0958. The molecule has 1 saturated heterocycles. The molecular weight excluding hydrogens is 287 g/mol. The monoisotopic (exact) mass is 300 g/mol. The van der Waals surface area contributed by atoms with E-state index in [9.17, 15) is 9.50 Å². The minimum absolute atomic E-state index is 0.283. The highest BCUT2D eigenvalue weighted by molar-refractivity contribution is 5.90. The minimum Gasteiger partial charge on any atom is -0.380 e. The van der Waals surface area contributed by atoms with E-state index < -0.39 is 5.60 Å². The number of halogens is 1. The van der Waals surface area contributed by atoms with E-state index in [0.717, 1.165) is 0 Å². The van der Waals surface area contributed by atoms with Gasteiger partial charge < -0.3 is 10.0 Å². The Morgan fingerprint density at radius 2 is 2.09 bits per heavy atom. The molecule has 7 nitrogen and oxygen atoms in total. The Morgan fingerprint density at radius 3 is 2.82 bits per heavy atom. The summed E-state index contributed by atoms with van der Waals surface area (Å²) in [5, 5.41) is 18.9. The van der Waals surface area contributed by atoms with Gasteiger partial charge in [-0.2, -0.15) is 0 Å². The van der Waals surface area contributed by atoms with Crippen molar-refractivity contribution in [1.29, 1.82) is 0 Å². The molecule has 0 unspecified atom stereocenters. The number of aryl methyl sites for hydroxylation is 1. The maximum Gasteiger partial charge on any atom is 0.149 e. The number of aromatic nitrogens is 5. The third kappa shape index (κ3) is 1.77. The van der Waals surface area contributed by atoms with Crippen LogP contribution in [0.4, 0.5) is 10.2 Å². The van der Waals surface area contributed by atoms with Gasteiger partial charge in [0.1, 0.15) is 29.1 Å². The molecule has 8 heteroatoms. The molecule has 1 aliphatic heterocycles. The number of aliphatic hydroxyl groups is 1. The molecule has 1 aliphatic rings. The van der Waals surface area contributed by atoms with Gasteiger partial charge in [0.2, 0.25) is 0 Å². The fraction of sp³-hybridized carbons (Fsp3) is 0.286. The van der Waals surface area contributed by atoms with Gasteiger partial charge >= 0.3 is 0 Å². The van der Waals surface area contributed by atoms with Crippen molar-refractivity contribution in [2.75, 3.05) is 18.0 Å². The number of hydrogen-bond acceptors (Lipinski definition) is 6. The smallest absolute Gasteiger partial charge is 0.149 e. The Hall–Kier alpha value is -2.61. The lowest BCUT2D eigenvalue weighted by molar-refractivity contribution is -0.000328. The lowest BCUT2D eigenvalue weighted by Crippen LogP contribution is -2.60. The molecule has 0 spiro atoms. The van der Waals surface area contributed by atoms with E-state index in [1.165, 1.54) is 12.4 Å². The number of benzene rings is 1. The molecule has 0 atom stereocenters. The van der Waals surface area contributed by atoms with Gasteiger partial charge in [0, 0.05) is 12.4 Å². The molecule has 112 valence electrons. The van der Waals surface area contributed by atoms with Crippen LogP contribution >= 0.6 is 0 Å². The third-order valence-corrected chi connectivity index (χ3v) is 3.99. The number of nitrogens with zero attached hydrogens (tertiary/aromatic N) is 6. The molecule has 2 aromatic heterocycles. The molecule has 4 rings (SSSR count). The van der Waals surface area contributed by atoms with Crippen molar-refractivity contribution in [2.24, 2.45) is 7.05 Å². The van der Waals surface area contributed by atoms with Crippen molar-refractivity contribution in [3.63, 3.8) is 0 Å². The highest BCUT2D eigenvalue weighted by atomic mass is 19.1. The molecule has 1 aromatic carbocycles. The molecule has 0 radical (unpaired) electrons. The van der Waals surface area contributed by atoms with Crippen LogP contribution in [-0.2, 0) is 12.6 Å². The van der Waals surface area contributed by atoms with E-state index in [-0.39, 0.29) is 11.3 Å². The maximum atomic E-state index is 13.8. The van der Waals surface area contributed by atoms with E-state index in [0.29, 0.717) is 30.0 Å². The highest BCUT2D eigenvalue weighted by Gasteiger charge is 2.46. The van der Waals surface area contributed by atoms with Crippen LogP contribution in [0.3, 0.4) is 0 Å². The summed E-state index contributed by atoms with van der Waals surface area (Å²) < 4.78 is 15.4. The van der Waals surface area contributed by atoms with Gasteiger partial charge in [-0.05, 0) is 12.1 Å². The van der Waals surface area contributed by atoms with E-state index in [1.54, 1.807) is 30.1 Å². The molecule has 22 heavy (non-hydrogen) atoms. The zero-order valence-corrected chi connectivity index (χ0v) is 11.8. The molecule has 0 saturated carbocycles. The molecule has 0 bridgehead atoms. The van der Waals surface area contributed by atoms with Crippen molar-refractivity contribution >= 4 is 16.7 Å². The van der Waals surface area contributed by atoms with Crippen molar-refractivity contribution in [3.8, 4) is 0 Å². The van der Waals surface area contributed by atoms with Crippen LogP contribution in [0.25, 0.3) is 10.9 Å². The lowest BCUT2D eigenvalue weighted by atomic mass is 9.90. The number of β-amino-alcohol motifs (C(OH)–C–C–N with tert-alkyl or cyclic N) is 1.